The minimum Gasteiger partial charge on any atom is -0.504 e. The molecule has 19 heavy (non-hydrogen) atoms. The van der Waals surface area contributed by atoms with E-state index < -0.39 is 0 Å². The fourth-order valence-electron chi connectivity index (χ4n) is 3.00. The Morgan fingerprint density at radius 2 is 2.00 bits per heavy atom. The van der Waals surface area contributed by atoms with Crippen LogP contribution in [0.1, 0.15) is 29.6 Å². The molecule has 0 aliphatic carbocycles. The van der Waals surface area contributed by atoms with Gasteiger partial charge in [0, 0.05) is 25.2 Å². The van der Waals surface area contributed by atoms with Crippen LogP contribution >= 0.6 is 0 Å². The summed E-state index contributed by atoms with van der Waals surface area (Å²) < 4.78 is 0. The van der Waals surface area contributed by atoms with Crippen molar-refractivity contribution in [2.75, 3.05) is 13.1 Å². The Kier molecular flexibility index (Phi) is 3.06. The van der Waals surface area contributed by atoms with Crippen molar-refractivity contribution >= 4 is 5.91 Å². The molecular weight excluding hydrogens is 244 g/mol. The normalized spacial score (nSPS) is 26.2. The standard InChI is InChI=1S/C14H18N2O3/c17-12-3-1-2-11(13(12)18)14(19)16-7-6-9-4-5-10(8-16)15-9/h1-3,9-10,15,17-18H,4-8H2. The van der Waals surface area contributed by atoms with E-state index in [2.05, 4.69) is 5.32 Å². The highest BCUT2D eigenvalue weighted by Gasteiger charge is 2.32. The minimum atomic E-state index is -0.324. The van der Waals surface area contributed by atoms with E-state index in [4.69, 9.17) is 0 Å². The van der Waals surface area contributed by atoms with Crippen LogP contribution in [0.25, 0.3) is 0 Å². The average Bonchev–Trinajstić information content (AvgIpc) is 2.72. The Bertz CT molecular complexity index is 503. The van der Waals surface area contributed by atoms with Gasteiger partial charge in [0.2, 0.25) is 0 Å². The van der Waals surface area contributed by atoms with Crippen molar-refractivity contribution < 1.29 is 15.0 Å². The first-order valence-electron chi connectivity index (χ1n) is 6.71. The number of likely N-dealkylation sites (tertiary alicyclic amines) is 1. The number of phenols is 2. The highest BCUT2D eigenvalue weighted by Crippen LogP contribution is 2.30. The number of nitrogens with one attached hydrogen (secondary N) is 1. The highest BCUT2D eigenvalue weighted by molar-refractivity contribution is 5.97. The molecule has 0 radical (unpaired) electrons. The second-order valence-electron chi connectivity index (χ2n) is 5.35. The Balaban J connectivity index is 1.81. The number of hydrogen-bond donors (Lipinski definition) is 3. The van der Waals surface area contributed by atoms with Crippen LogP contribution in [-0.4, -0.2) is 46.2 Å². The molecule has 1 amide bonds. The summed E-state index contributed by atoms with van der Waals surface area (Å²) in [4.78, 5) is 14.2. The van der Waals surface area contributed by atoms with E-state index >= 15 is 0 Å². The zero-order valence-corrected chi connectivity index (χ0v) is 10.7. The van der Waals surface area contributed by atoms with E-state index in [1.165, 1.54) is 12.5 Å². The van der Waals surface area contributed by atoms with E-state index in [1.807, 2.05) is 0 Å². The second-order valence-corrected chi connectivity index (χ2v) is 5.35. The van der Waals surface area contributed by atoms with Gasteiger partial charge in [0.1, 0.15) is 0 Å². The van der Waals surface area contributed by atoms with Crippen LogP contribution in [0, 0.1) is 0 Å². The summed E-state index contributed by atoms with van der Waals surface area (Å²) in [6.45, 7) is 1.37. The molecule has 2 saturated heterocycles. The molecule has 2 fully saturated rings. The number of hydrogen-bond acceptors (Lipinski definition) is 4. The van der Waals surface area contributed by atoms with Gasteiger partial charge < -0.3 is 20.4 Å². The number of para-hydroxylation sites is 1. The van der Waals surface area contributed by atoms with Gasteiger partial charge in [-0.1, -0.05) is 6.07 Å². The first kappa shape index (κ1) is 12.3. The molecule has 1 aromatic carbocycles. The zero-order chi connectivity index (χ0) is 13.4. The smallest absolute Gasteiger partial charge is 0.257 e. The highest BCUT2D eigenvalue weighted by atomic mass is 16.3. The van der Waals surface area contributed by atoms with Crippen molar-refractivity contribution in [3.8, 4) is 11.5 Å². The lowest BCUT2D eigenvalue weighted by Gasteiger charge is -2.24. The Morgan fingerprint density at radius 1 is 1.21 bits per heavy atom. The summed E-state index contributed by atoms with van der Waals surface area (Å²) in [6, 6.07) is 5.37. The van der Waals surface area contributed by atoms with E-state index in [-0.39, 0.29) is 23.0 Å². The molecule has 102 valence electrons. The molecule has 0 aromatic heterocycles. The van der Waals surface area contributed by atoms with Gasteiger partial charge in [0.05, 0.1) is 5.56 Å². The molecule has 5 nitrogen and oxygen atoms in total. The monoisotopic (exact) mass is 262 g/mol. The third kappa shape index (κ3) is 2.26. The molecule has 2 unspecified atom stereocenters. The van der Waals surface area contributed by atoms with Gasteiger partial charge in [-0.25, -0.2) is 0 Å². The fraction of sp³-hybridized carbons (Fsp3) is 0.500. The van der Waals surface area contributed by atoms with E-state index in [0.717, 1.165) is 12.8 Å². The average molecular weight is 262 g/mol. The maximum atomic E-state index is 12.4. The lowest BCUT2D eigenvalue weighted by atomic mass is 10.1. The number of fused-ring (bicyclic) bond motifs is 2. The molecular formula is C14H18N2O3. The Morgan fingerprint density at radius 3 is 2.84 bits per heavy atom. The molecule has 2 heterocycles. The van der Waals surface area contributed by atoms with Crippen molar-refractivity contribution in [1.82, 2.24) is 10.2 Å². The number of aromatic hydroxyl groups is 2. The molecule has 2 aliphatic rings. The minimum absolute atomic E-state index is 0.178. The van der Waals surface area contributed by atoms with Crippen LogP contribution in [0.5, 0.6) is 11.5 Å². The van der Waals surface area contributed by atoms with Gasteiger partial charge in [-0.2, -0.15) is 0 Å². The predicted molar refractivity (Wildman–Crippen MR) is 70.2 cm³/mol. The number of rotatable bonds is 1. The van der Waals surface area contributed by atoms with E-state index in [0.29, 0.717) is 25.2 Å². The summed E-state index contributed by atoms with van der Waals surface area (Å²) >= 11 is 0. The van der Waals surface area contributed by atoms with Crippen molar-refractivity contribution in [2.24, 2.45) is 0 Å². The number of carbonyl (C=O) groups excluding carboxylic acids is 1. The number of amides is 1. The second kappa shape index (κ2) is 4.74. The third-order valence-corrected chi connectivity index (χ3v) is 4.06. The Labute approximate surface area is 111 Å². The lowest BCUT2D eigenvalue weighted by Crippen LogP contribution is -2.39. The summed E-state index contributed by atoms with van der Waals surface area (Å²) in [5.41, 5.74) is 0.178. The number of nitrogens with zero attached hydrogens (tertiary/aromatic N) is 1. The molecule has 5 heteroatoms. The summed E-state index contributed by atoms with van der Waals surface area (Å²) in [6.07, 6.45) is 3.23. The van der Waals surface area contributed by atoms with Gasteiger partial charge >= 0.3 is 0 Å². The Hall–Kier alpha value is -1.75. The summed E-state index contributed by atoms with van der Waals surface area (Å²) in [7, 11) is 0. The molecule has 3 N–H and O–H groups in total. The van der Waals surface area contributed by atoms with Gasteiger partial charge in [-0.15, -0.1) is 0 Å². The molecule has 0 spiro atoms. The van der Waals surface area contributed by atoms with E-state index in [1.54, 1.807) is 17.0 Å². The van der Waals surface area contributed by atoms with Crippen LogP contribution in [0.2, 0.25) is 0 Å². The quantitative estimate of drug-likeness (QED) is 0.662. The van der Waals surface area contributed by atoms with Gasteiger partial charge in [-0.3, -0.25) is 4.79 Å². The van der Waals surface area contributed by atoms with Crippen LogP contribution in [0.15, 0.2) is 18.2 Å². The van der Waals surface area contributed by atoms with Crippen LogP contribution < -0.4 is 5.32 Å². The molecule has 3 rings (SSSR count). The SMILES string of the molecule is O=C(c1cccc(O)c1O)N1CCC2CCC(C1)N2. The van der Waals surface area contributed by atoms with Gasteiger partial charge in [-0.05, 0) is 31.4 Å². The number of carbonyl (C=O) groups is 1. The molecule has 0 saturated carbocycles. The largest absolute Gasteiger partial charge is 0.504 e. The maximum absolute atomic E-state index is 12.4. The third-order valence-electron chi connectivity index (χ3n) is 4.06. The molecule has 1 aromatic rings. The summed E-state index contributed by atoms with van der Waals surface area (Å²) in [5.74, 6) is -0.780. The number of phenolic OH excluding ortho intramolecular Hbond substituents is 2. The van der Waals surface area contributed by atoms with E-state index in [9.17, 15) is 15.0 Å². The van der Waals surface area contributed by atoms with Crippen LogP contribution in [0.4, 0.5) is 0 Å². The zero-order valence-electron chi connectivity index (χ0n) is 10.7. The van der Waals surface area contributed by atoms with Gasteiger partial charge in [0.25, 0.3) is 5.91 Å². The van der Waals surface area contributed by atoms with Crippen molar-refractivity contribution in [1.29, 1.82) is 0 Å². The van der Waals surface area contributed by atoms with Crippen molar-refractivity contribution in [2.45, 2.75) is 31.3 Å². The summed E-state index contributed by atoms with van der Waals surface area (Å²) in [5, 5.41) is 22.8. The van der Waals surface area contributed by atoms with Gasteiger partial charge in [0.15, 0.2) is 11.5 Å². The molecule has 2 bridgehead atoms. The topological polar surface area (TPSA) is 72.8 Å². The van der Waals surface area contributed by atoms with Crippen molar-refractivity contribution in [3.05, 3.63) is 23.8 Å². The first-order valence-corrected chi connectivity index (χ1v) is 6.71. The maximum Gasteiger partial charge on any atom is 0.257 e. The van der Waals surface area contributed by atoms with Crippen LogP contribution in [0.3, 0.4) is 0 Å². The lowest BCUT2D eigenvalue weighted by molar-refractivity contribution is 0.0744. The fourth-order valence-corrected chi connectivity index (χ4v) is 3.00. The van der Waals surface area contributed by atoms with Crippen molar-refractivity contribution in [3.63, 3.8) is 0 Å². The molecule has 2 aliphatic heterocycles. The first-order chi connectivity index (χ1) is 9.15. The molecule has 2 atom stereocenters. The predicted octanol–water partition coefficient (Wildman–Crippen LogP) is 1.06. The number of benzene rings is 1. The van der Waals surface area contributed by atoms with Crippen LogP contribution in [-0.2, 0) is 0 Å².